The number of hydrogen-bond donors (Lipinski definition) is 2. The van der Waals surface area contributed by atoms with Crippen LogP contribution in [-0.2, 0) is 0 Å². The maximum Gasteiger partial charge on any atom is 0.322 e. The molecule has 0 saturated carbocycles. The number of rotatable bonds is 4. The molecular weight excluding hydrogens is 367 g/mol. The molecule has 0 aliphatic heterocycles. The molecule has 1 heterocycles. The Morgan fingerprint density at radius 1 is 1.22 bits per heavy atom. The van der Waals surface area contributed by atoms with E-state index in [0.717, 1.165) is 22.2 Å². The highest BCUT2D eigenvalue weighted by Crippen LogP contribution is 2.30. The molecule has 2 amide bonds. The van der Waals surface area contributed by atoms with Gasteiger partial charge in [-0.3, -0.25) is 0 Å². The first-order valence-electron chi connectivity index (χ1n) is 8.46. The van der Waals surface area contributed by atoms with Gasteiger partial charge in [0, 0.05) is 36.9 Å². The topological polar surface area (TPSA) is 57.3 Å². The Hall–Kier alpha value is -2.86. The summed E-state index contributed by atoms with van der Waals surface area (Å²) >= 11 is 5.78. The first-order valence-corrected chi connectivity index (χ1v) is 8.84. The van der Waals surface area contributed by atoms with Crippen molar-refractivity contribution in [2.45, 2.75) is 13.0 Å². The second kappa shape index (κ2) is 7.80. The second-order valence-corrected chi connectivity index (χ2v) is 6.61. The van der Waals surface area contributed by atoms with Gasteiger partial charge in [0.25, 0.3) is 0 Å². The summed E-state index contributed by atoms with van der Waals surface area (Å²) in [6.07, 6.45) is 1.78. The van der Waals surface area contributed by atoms with E-state index in [2.05, 4.69) is 15.6 Å². The summed E-state index contributed by atoms with van der Waals surface area (Å²) in [4.78, 5) is 18.7. The van der Waals surface area contributed by atoms with Crippen molar-refractivity contribution < 1.29 is 9.18 Å². The summed E-state index contributed by atoms with van der Waals surface area (Å²) in [5.41, 5.74) is 1.36. The lowest BCUT2D eigenvalue weighted by atomic mass is 10.0. The van der Waals surface area contributed by atoms with Crippen LogP contribution in [0.2, 0.25) is 5.02 Å². The molecule has 3 aromatic rings. The zero-order chi connectivity index (χ0) is 19.6. The normalized spacial score (nSPS) is 11.9. The van der Waals surface area contributed by atoms with Gasteiger partial charge in [-0.25, -0.2) is 14.2 Å². The summed E-state index contributed by atoms with van der Waals surface area (Å²) in [6, 6.07) is 11.4. The second-order valence-electron chi connectivity index (χ2n) is 6.20. The molecule has 0 spiro atoms. The summed E-state index contributed by atoms with van der Waals surface area (Å²) in [5.74, 6) is 0.258. The molecule has 0 aliphatic carbocycles. The molecule has 140 valence electrons. The van der Waals surface area contributed by atoms with Gasteiger partial charge in [-0.1, -0.05) is 35.9 Å². The van der Waals surface area contributed by atoms with Crippen molar-refractivity contribution >= 4 is 39.9 Å². The van der Waals surface area contributed by atoms with Crippen LogP contribution >= 0.6 is 11.6 Å². The van der Waals surface area contributed by atoms with Crippen LogP contribution in [-0.4, -0.2) is 30.0 Å². The van der Waals surface area contributed by atoms with Gasteiger partial charge in [0.15, 0.2) is 0 Å². The van der Waals surface area contributed by atoms with Crippen LogP contribution < -0.4 is 10.6 Å². The highest BCUT2D eigenvalue weighted by Gasteiger charge is 2.21. The fraction of sp³-hybridized carbons (Fsp3) is 0.200. The lowest BCUT2D eigenvalue weighted by Crippen LogP contribution is -2.33. The summed E-state index contributed by atoms with van der Waals surface area (Å²) in [6.45, 7) is 1.93. The van der Waals surface area contributed by atoms with Gasteiger partial charge in [-0.05, 0) is 30.5 Å². The van der Waals surface area contributed by atoms with E-state index in [4.69, 9.17) is 11.6 Å². The number of benzene rings is 2. The third kappa shape index (κ3) is 3.80. The van der Waals surface area contributed by atoms with Crippen LogP contribution in [0.3, 0.4) is 0 Å². The highest BCUT2D eigenvalue weighted by atomic mass is 35.5. The van der Waals surface area contributed by atoms with Crippen molar-refractivity contribution in [2.24, 2.45) is 0 Å². The van der Waals surface area contributed by atoms with E-state index < -0.39 is 5.82 Å². The van der Waals surface area contributed by atoms with E-state index in [9.17, 15) is 9.18 Å². The Kier molecular flexibility index (Phi) is 5.46. The molecule has 1 atom stereocenters. The molecule has 0 fully saturated rings. The van der Waals surface area contributed by atoms with E-state index in [1.54, 1.807) is 18.1 Å². The number of fused-ring (bicyclic) bond motifs is 1. The van der Waals surface area contributed by atoms with E-state index >= 15 is 0 Å². The first kappa shape index (κ1) is 18.9. The summed E-state index contributed by atoms with van der Waals surface area (Å²) < 4.78 is 13.3. The van der Waals surface area contributed by atoms with Gasteiger partial charge in [-0.15, -0.1) is 0 Å². The van der Waals surface area contributed by atoms with Crippen molar-refractivity contribution in [3.63, 3.8) is 0 Å². The Labute approximate surface area is 162 Å². The average molecular weight is 387 g/mol. The minimum atomic E-state index is -0.529. The average Bonchev–Trinajstić information content (AvgIpc) is 2.68. The molecule has 0 radical (unpaired) electrons. The maximum absolute atomic E-state index is 13.3. The zero-order valence-electron chi connectivity index (χ0n) is 15.3. The molecule has 7 heteroatoms. The van der Waals surface area contributed by atoms with Gasteiger partial charge in [0.1, 0.15) is 11.6 Å². The van der Waals surface area contributed by atoms with Crippen molar-refractivity contribution in [1.82, 2.24) is 9.88 Å². The molecule has 1 aromatic heterocycles. The molecule has 0 aliphatic rings. The zero-order valence-corrected chi connectivity index (χ0v) is 16.0. The fourth-order valence-electron chi connectivity index (χ4n) is 2.92. The van der Waals surface area contributed by atoms with E-state index in [0.29, 0.717) is 5.69 Å². The minimum Gasteiger partial charge on any atom is -0.373 e. The van der Waals surface area contributed by atoms with Crippen molar-refractivity contribution in [3.05, 3.63) is 65.1 Å². The number of urea groups is 1. The fourth-order valence-corrected chi connectivity index (χ4v) is 3.10. The minimum absolute atomic E-state index is 0.0404. The van der Waals surface area contributed by atoms with Crippen molar-refractivity contribution in [1.29, 1.82) is 0 Å². The third-order valence-electron chi connectivity index (χ3n) is 4.58. The third-order valence-corrected chi connectivity index (χ3v) is 4.87. The molecule has 0 bridgehead atoms. The number of anilines is 2. The van der Waals surface area contributed by atoms with Gasteiger partial charge in [0.05, 0.1) is 11.1 Å². The predicted octanol–water partition coefficient (Wildman–Crippen LogP) is 5.29. The smallest absolute Gasteiger partial charge is 0.322 e. The lowest BCUT2D eigenvalue weighted by Gasteiger charge is -2.26. The largest absolute Gasteiger partial charge is 0.373 e. The number of hydrogen-bond acceptors (Lipinski definition) is 3. The molecule has 3 rings (SSSR count). The number of aromatic nitrogens is 1. The first-order chi connectivity index (χ1) is 12.9. The number of carbonyl (C=O) groups excluding carboxylic acids is 1. The van der Waals surface area contributed by atoms with Crippen LogP contribution in [0.5, 0.6) is 0 Å². The quantitative estimate of drug-likeness (QED) is 0.640. The van der Waals surface area contributed by atoms with E-state index in [-0.39, 0.29) is 17.1 Å². The standard InChI is InChI=1S/C20H20ClFN4O/c1-12(16-11-24-19(23-2)15-7-5-4-6-14(15)16)26(3)20(27)25-13-8-9-18(22)17(21)10-13/h4-12H,1-3H3,(H,23,24)(H,25,27)/t12-/m1/s1. The lowest BCUT2D eigenvalue weighted by molar-refractivity contribution is 0.208. The Morgan fingerprint density at radius 2 is 1.93 bits per heavy atom. The summed E-state index contributed by atoms with van der Waals surface area (Å²) in [7, 11) is 3.52. The van der Waals surface area contributed by atoms with Crippen LogP contribution in [0.15, 0.2) is 48.7 Å². The predicted molar refractivity (Wildman–Crippen MR) is 108 cm³/mol. The molecule has 2 N–H and O–H groups in total. The van der Waals surface area contributed by atoms with Gasteiger partial charge in [-0.2, -0.15) is 0 Å². The Bertz CT molecular complexity index is 995. The van der Waals surface area contributed by atoms with E-state index in [1.165, 1.54) is 18.2 Å². The maximum atomic E-state index is 13.3. The highest BCUT2D eigenvalue weighted by molar-refractivity contribution is 6.31. The number of carbonyl (C=O) groups is 1. The van der Waals surface area contributed by atoms with Crippen LogP contribution in [0.1, 0.15) is 18.5 Å². The molecule has 5 nitrogen and oxygen atoms in total. The number of halogens is 2. The summed E-state index contributed by atoms with van der Waals surface area (Å²) in [5, 5.41) is 7.79. The van der Waals surface area contributed by atoms with Crippen LogP contribution in [0, 0.1) is 5.82 Å². The molecule has 2 aromatic carbocycles. The van der Waals surface area contributed by atoms with Crippen LogP contribution in [0.4, 0.5) is 20.7 Å². The SMILES string of the molecule is CNc1ncc([C@@H](C)N(C)C(=O)Nc2ccc(F)c(Cl)c2)c2ccccc12. The monoisotopic (exact) mass is 386 g/mol. The Morgan fingerprint density at radius 3 is 2.59 bits per heavy atom. The number of amides is 2. The Balaban J connectivity index is 1.86. The van der Waals surface area contributed by atoms with Gasteiger partial charge >= 0.3 is 6.03 Å². The van der Waals surface area contributed by atoms with Gasteiger partial charge in [0.2, 0.25) is 0 Å². The molecular formula is C20H20ClFN4O. The van der Waals surface area contributed by atoms with Crippen molar-refractivity contribution in [3.8, 4) is 0 Å². The number of nitrogens with zero attached hydrogens (tertiary/aromatic N) is 2. The van der Waals surface area contributed by atoms with Gasteiger partial charge < -0.3 is 15.5 Å². The van der Waals surface area contributed by atoms with Crippen molar-refractivity contribution in [2.75, 3.05) is 24.7 Å². The number of nitrogens with one attached hydrogen (secondary N) is 2. The molecule has 0 saturated heterocycles. The molecule has 27 heavy (non-hydrogen) atoms. The molecule has 0 unspecified atom stereocenters. The number of pyridine rings is 1. The van der Waals surface area contributed by atoms with E-state index in [1.807, 2.05) is 38.2 Å². The van der Waals surface area contributed by atoms with Crippen LogP contribution in [0.25, 0.3) is 10.8 Å².